The van der Waals surface area contributed by atoms with Gasteiger partial charge in [-0.3, -0.25) is 9.59 Å². The molecular weight excluding hydrogens is 415 g/mol. The Labute approximate surface area is 183 Å². The van der Waals surface area contributed by atoms with Gasteiger partial charge in [-0.1, -0.05) is 12.1 Å². The number of hydrogen-bond acceptors (Lipinski definition) is 5. The highest BCUT2D eigenvalue weighted by Gasteiger charge is 2.21. The van der Waals surface area contributed by atoms with Gasteiger partial charge in [0, 0.05) is 35.6 Å². The molecule has 0 fully saturated rings. The van der Waals surface area contributed by atoms with E-state index >= 15 is 0 Å². The van der Waals surface area contributed by atoms with E-state index in [1.54, 1.807) is 18.3 Å². The second kappa shape index (κ2) is 9.51. The molecule has 1 aromatic heterocycles. The SMILES string of the molecule is O=C(O)CC(c1ccc(F)cc1)c1c[nH]c2cc(OCCCNC3=NC(=O)CN3)ccc12. The van der Waals surface area contributed by atoms with Gasteiger partial charge >= 0.3 is 5.97 Å². The van der Waals surface area contributed by atoms with E-state index in [1.165, 1.54) is 12.1 Å². The fourth-order valence-electron chi connectivity index (χ4n) is 3.72. The van der Waals surface area contributed by atoms with E-state index < -0.39 is 11.9 Å². The molecule has 1 atom stereocenters. The van der Waals surface area contributed by atoms with Crippen LogP contribution in [-0.4, -0.2) is 47.6 Å². The minimum absolute atomic E-state index is 0.102. The largest absolute Gasteiger partial charge is 0.493 e. The van der Waals surface area contributed by atoms with Crippen LogP contribution < -0.4 is 15.4 Å². The zero-order chi connectivity index (χ0) is 22.5. The number of guanidine groups is 1. The molecule has 2 heterocycles. The van der Waals surface area contributed by atoms with E-state index in [0.717, 1.165) is 22.0 Å². The van der Waals surface area contributed by atoms with Crippen molar-refractivity contribution in [3.8, 4) is 5.75 Å². The van der Waals surface area contributed by atoms with Crippen LogP contribution in [-0.2, 0) is 9.59 Å². The first-order chi connectivity index (χ1) is 15.5. The van der Waals surface area contributed by atoms with Crippen LogP contribution in [0.4, 0.5) is 4.39 Å². The zero-order valence-electron chi connectivity index (χ0n) is 17.2. The Hall–Kier alpha value is -3.88. The standard InChI is InChI=1S/C23H23FN4O4/c24-15-4-2-14(3-5-15)18(11-22(30)31)19-12-26-20-10-16(6-7-17(19)20)32-9-1-8-25-23-27-13-21(29)28-23/h2-7,10,12,18,26H,1,8-9,11,13H2,(H,30,31)(H2,25,27,28,29). The number of amides is 1. The molecule has 2 aromatic carbocycles. The highest BCUT2D eigenvalue weighted by Crippen LogP contribution is 2.34. The number of aromatic nitrogens is 1. The molecule has 1 aliphatic heterocycles. The summed E-state index contributed by atoms with van der Waals surface area (Å²) in [5.74, 6) is -0.697. The van der Waals surface area contributed by atoms with Crippen molar-refractivity contribution < 1.29 is 23.8 Å². The molecule has 0 radical (unpaired) electrons. The zero-order valence-corrected chi connectivity index (χ0v) is 17.2. The smallest absolute Gasteiger partial charge is 0.304 e. The van der Waals surface area contributed by atoms with Crippen LogP contribution in [0.5, 0.6) is 5.75 Å². The van der Waals surface area contributed by atoms with Gasteiger partial charge in [0.2, 0.25) is 0 Å². The van der Waals surface area contributed by atoms with E-state index in [1.807, 2.05) is 18.2 Å². The summed E-state index contributed by atoms with van der Waals surface area (Å²) in [6.07, 6.45) is 2.41. The maximum Gasteiger partial charge on any atom is 0.304 e. The molecule has 0 aliphatic carbocycles. The predicted octanol–water partition coefficient (Wildman–Crippen LogP) is 2.76. The number of hydrogen-bond donors (Lipinski definition) is 4. The molecule has 0 spiro atoms. The van der Waals surface area contributed by atoms with E-state index in [-0.39, 0.29) is 24.7 Å². The van der Waals surface area contributed by atoms with Crippen LogP contribution in [0.1, 0.15) is 29.9 Å². The maximum absolute atomic E-state index is 13.3. The minimum Gasteiger partial charge on any atom is -0.493 e. The van der Waals surface area contributed by atoms with Crippen molar-refractivity contribution in [2.75, 3.05) is 19.7 Å². The van der Waals surface area contributed by atoms with Gasteiger partial charge in [0.05, 0.1) is 19.6 Å². The average Bonchev–Trinajstić information content (AvgIpc) is 3.38. The molecule has 3 aromatic rings. The number of aromatic amines is 1. The summed E-state index contributed by atoms with van der Waals surface area (Å²) in [4.78, 5) is 29.5. The predicted molar refractivity (Wildman–Crippen MR) is 117 cm³/mol. The summed E-state index contributed by atoms with van der Waals surface area (Å²) < 4.78 is 19.1. The van der Waals surface area contributed by atoms with Gasteiger partial charge in [-0.2, -0.15) is 4.99 Å². The first-order valence-corrected chi connectivity index (χ1v) is 10.3. The van der Waals surface area contributed by atoms with E-state index in [4.69, 9.17) is 4.74 Å². The molecule has 9 heteroatoms. The molecule has 1 unspecified atom stereocenters. The number of nitrogens with one attached hydrogen (secondary N) is 3. The van der Waals surface area contributed by atoms with E-state index in [9.17, 15) is 19.1 Å². The molecule has 1 aliphatic rings. The number of carboxylic acids is 1. The average molecular weight is 438 g/mol. The van der Waals surface area contributed by atoms with Gasteiger partial charge in [-0.25, -0.2) is 4.39 Å². The number of carbonyl (C=O) groups is 2. The maximum atomic E-state index is 13.3. The van der Waals surface area contributed by atoms with Crippen molar-refractivity contribution in [3.05, 3.63) is 65.6 Å². The van der Waals surface area contributed by atoms with Crippen molar-refractivity contribution in [1.82, 2.24) is 15.6 Å². The van der Waals surface area contributed by atoms with Crippen LogP contribution >= 0.6 is 0 Å². The third kappa shape index (κ3) is 5.05. The molecule has 4 rings (SSSR count). The van der Waals surface area contributed by atoms with Crippen LogP contribution in [0.3, 0.4) is 0 Å². The lowest BCUT2D eigenvalue weighted by atomic mass is 9.88. The number of aliphatic imine (C=N–C) groups is 1. The Kier molecular flexibility index (Phi) is 6.34. The van der Waals surface area contributed by atoms with E-state index in [0.29, 0.717) is 31.3 Å². The second-order valence-corrected chi connectivity index (χ2v) is 7.49. The Bertz CT molecular complexity index is 1160. The Morgan fingerprint density at radius 1 is 1.25 bits per heavy atom. The van der Waals surface area contributed by atoms with E-state index in [2.05, 4.69) is 20.6 Å². The summed E-state index contributed by atoms with van der Waals surface area (Å²) in [5, 5.41) is 16.2. The minimum atomic E-state index is -0.926. The van der Waals surface area contributed by atoms with Gasteiger partial charge in [-0.05, 0) is 41.8 Å². The van der Waals surface area contributed by atoms with Gasteiger partial charge < -0.3 is 25.5 Å². The number of fused-ring (bicyclic) bond motifs is 1. The number of aliphatic carboxylic acids is 1. The van der Waals surface area contributed by atoms with Crippen LogP contribution in [0.2, 0.25) is 0 Å². The Balaban J connectivity index is 1.42. The van der Waals surface area contributed by atoms with Gasteiger partial charge in [0.25, 0.3) is 5.91 Å². The monoisotopic (exact) mass is 438 g/mol. The number of ether oxygens (including phenoxy) is 1. The lowest BCUT2D eigenvalue weighted by Gasteiger charge is -2.15. The van der Waals surface area contributed by atoms with Crippen molar-refractivity contribution in [3.63, 3.8) is 0 Å². The summed E-state index contributed by atoms with van der Waals surface area (Å²) >= 11 is 0. The molecule has 1 amide bonds. The fraction of sp³-hybridized carbons (Fsp3) is 0.261. The second-order valence-electron chi connectivity index (χ2n) is 7.49. The van der Waals surface area contributed by atoms with Crippen LogP contribution in [0.25, 0.3) is 10.9 Å². The molecule has 0 saturated heterocycles. The summed E-state index contributed by atoms with van der Waals surface area (Å²) in [5.41, 5.74) is 2.41. The molecule has 4 N–H and O–H groups in total. The molecule has 8 nitrogen and oxygen atoms in total. The summed E-state index contributed by atoms with van der Waals surface area (Å²) in [6, 6.07) is 11.5. The van der Waals surface area contributed by atoms with Crippen LogP contribution in [0.15, 0.2) is 53.7 Å². The number of benzene rings is 2. The lowest BCUT2D eigenvalue weighted by Crippen LogP contribution is -2.34. The highest BCUT2D eigenvalue weighted by molar-refractivity contribution is 6.00. The molecule has 0 saturated carbocycles. The quantitative estimate of drug-likeness (QED) is 0.382. The van der Waals surface area contributed by atoms with Crippen molar-refractivity contribution in [2.24, 2.45) is 4.99 Å². The Morgan fingerprint density at radius 2 is 2.06 bits per heavy atom. The van der Waals surface area contributed by atoms with Crippen molar-refractivity contribution in [2.45, 2.75) is 18.8 Å². The highest BCUT2D eigenvalue weighted by atomic mass is 19.1. The topological polar surface area (TPSA) is 116 Å². The third-order valence-electron chi connectivity index (χ3n) is 5.24. The first kappa shape index (κ1) is 21.4. The fourth-order valence-corrected chi connectivity index (χ4v) is 3.72. The van der Waals surface area contributed by atoms with Gasteiger partial charge in [0.1, 0.15) is 11.6 Å². The summed E-state index contributed by atoms with van der Waals surface area (Å²) in [6.45, 7) is 1.32. The number of nitrogens with zero attached hydrogens (tertiary/aromatic N) is 1. The Morgan fingerprint density at radius 3 is 2.78 bits per heavy atom. The lowest BCUT2D eigenvalue weighted by molar-refractivity contribution is -0.137. The molecular formula is C23H23FN4O4. The third-order valence-corrected chi connectivity index (χ3v) is 5.24. The molecule has 0 bridgehead atoms. The van der Waals surface area contributed by atoms with Crippen LogP contribution in [0, 0.1) is 5.82 Å². The normalized spacial score (nSPS) is 14.2. The number of rotatable bonds is 9. The number of carbonyl (C=O) groups excluding carboxylic acids is 1. The van der Waals surface area contributed by atoms with Crippen molar-refractivity contribution in [1.29, 1.82) is 0 Å². The van der Waals surface area contributed by atoms with Gasteiger partial charge in [-0.15, -0.1) is 0 Å². The number of halogens is 1. The first-order valence-electron chi connectivity index (χ1n) is 10.3. The van der Waals surface area contributed by atoms with Gasteiger partial charge in [0.15, 0.2) is 5.96 Å². The number of carboxylic acid groups (broad SMARTS) is 1. The molecule has 166 valence electrons. The molecule has 32 heavy (non-hydrogen) atoms. The summed E-state index contributed by atoms with van der Waals surface area (Å²) in [7, 11) is 0. The number of H-pyrrole nitrogens is 1. The van der Waals surface area contributed by atoms with Crippen molar-refractivity contribution >= 4 is 28.7 Å².